The average Bonchev–Trinajstić information content (AvgIpc) is 3.13. The number of aliphatic imine (C=N–C) groups is 1. The molecule has 2 aromatic rings. The van der Waals surface area contributed by atoms with Crippen LogP contribution in [0.25, 0.3) is 0 Å². The predicted octanol–water partition coefficient (Wildman–Crippen LogP) is 1.56. The maximum atomic E-state index is 12.4. The summed E-state index contributed by atoms with van der Waals surface area (Å²) in [6, 6.07) is 17.3. The molecule has 1 unspecified atom stereocenters. The van der Waals surface area contributed by atoms with Crippen LogP contribution in [-0.2, 0) is 11.2 Å². The third kappa shape index (κ3) is 5.34. The highest BCUT2D eigenvalue weighted by atomic mass is 16.2. The van der Waals surface area contributed by atoms with E-state index in [2.05, 4.69) is 20.9 Å². The number of carbonyl (C=O) groups is 2. The van der Waals surface area contributed by atoms with Crippen molar-refractivity contribution in [2.75, 3.05) is 32.1 Å². The third-order valence-electron chi connectivity index (χ3n) is 4.88. The number of nitrogens with one attached hydrogen (secondary N) is 3. The molecule has 1 heterocycles. The summed E-state index contributed by atoms with van der Waals surface area (Å²) in [4.78, 5) is 30.2. The van der Waals surface area contributed by atoms with E-state index in [1.165, 1.54) is 0 Å². The first-order chi connectivity index (χ1) is 14.1. The van der Waals surface area contributed by atoms with Crippen LogP contribution in [0.4, 0.5) is 5.69 Å². The van der Waals surface area contributed by atoms with Crippen LogP contribution in [0.5, 0.6) is 0 Å². The molecule has 1 aliphatic heterocycles. The molecule has 1 aliphatic rings. The maximum Gasteiger partial charge on any atom is 0.251 e. The highest BCUT2D eigenvalue weighted by molar-refractivity contribution is 5.97. The van der Waals surface area contributed by atoms with E-state index in [1.807, 2.05) is 48.5 Å². The van der Waals surface area contributed by atoms with E-state index in [9.17, 15) is 9.59 Å². The third-order valence-corrected chi connectivity index (χ3v) is 4.88. The molecule has 0 aliphatic carbocycles. The van der Waals surface area contributed by atoms with E-state index < -0.39 is 0 Å². The fourth-order valence-corrected chi connectivity index (χ4v) is 3.39. The van der Waals surface area contributed by atoms with E-state index in [0.29, 0.717) is 31.0 Å². The van der Waals surface area contributed by atoms with Gasteiger partial charge in [0.1, 0.15) is 0 Å². The predicted molar refractivity (Wildman–Crippen MR) is 115 cm³/mol. The highest BCUT2D eigenvalue weighted by Gasteiger charge is 2.30. The number of hydrogen-bond acceptors (Lipinski definition) is 3. The molecule has 152 valence electrons. The van der Waals surface area contributed by atoms with Crippen molar-refractivity contribution >= 4 is 23.5 Å². The Hall–Kier alpha value is -3.35. The van der Waals surface area contributed by atoms with Crippen LogP contribution in [0.15, 0.2) is 59.6 Å². The first-order valence-electron chi connectivity index (χ1n) is 9.74. The zero-order chi connectivity index (χ0) is 20.6. The van der Waals surface area contributed by atoms with Gasteiger partial charge in [-0.3, -0.25) is 14.6 Å². The number of hydrogen-bond donors (Lipinski definition) is 3. The summed E-state index contributed by atoms with van der Waals surface area (Å²) in [7, 11) is 3.34. The van der Waals surface area contributed by atoms with Gasteiger partial charge in [0.25, 0.3) is 5.91 Å². The Morgan fingerprint density at radius 2 is 1.97 bits per heavy atom. The van der Waals surface area contributed by atoms with E-state index in [4.69, 9.17) is 0 Å². The number of anilines is 1. The molecule has 1 atom stereocenters. The second kappa shape index (κ2) is 9.73. The van der Waals surface area contributed by atoms with Gasteiger partial charge in [-0.1, -0.05) is 30.3 Å². The molecule has 0 aromatic heterocycles. The Bertz CT molecular complexity index is 882. The lowest BCUT2D eigenvalue weighted by Crippen LogP contribution is -2.45. The van der Waals surface area contributed by atoms with E-state index in [-0.39, 0.29) is 17.9 Å². The molecule has 0 radical (unpaired) electrons. The van der Waals surface area contributed by atoms with Crippen LogP contribution in [0.1, 0.15) is 22.3 Å². The lowest BCUT2D eigenvalue weighted by molar-refractivity contribution is -0.117. The van der Waals surface area contributed by atoms with Crippen molar-refractivity contribution < 1.29 is 9.59 Å². The minimum Gasteiger partial charge on any atom is -0.356 e. The summed E-state index contributed by atoms with van der Waals surface area (Å²) in [5, 5.41) is 9.25. The van der Waals surface area contributed by atoms with Crippen molar-refractivity contribution in [3.63, 3.8) is 0 Å². The molecule has 29 heavy (non-hydrogen) atoms. The summed E-state index contributed by atoms with van der Waals surface area (Å²) < 4.78 is 0. The molecule has 0 spiro atoms. The largest absolute Gasteiger partial charge is 0.356 e. The van der Waals surface area contributed by atoms with Crippen LogP contribution >= 0.6 is 0 Å². The molecule has 7 nitrogen and oxygen atoms in total. The zero-order valence-corrected chi connectivity index (χ0v) is 16.8. The van der Waals surface area contributed by atoms with Gasteiger partial charge in [0, 0.05) is 44.9 Å². The Labute approximate surface area is 171 Å². The summed E-state index contributed by atoms with van der Waals surface area (Å²) in [6.07, 6.45) is 1.19. The van der Waals surface area contributed by atoms with E-state index >= 15 is 0 Å². The number of benzene rings is 2. The topological polar surface area (TPSA) is 85.8 Å². The van der Waals surface area contributed by atoms with Crippen LogP contribution in [0, 0.1) is 0 Å². The molecular formula is C22H27N5O2. The summed E-state index contributed by atoms with van der Waals surface area (Å²) in [5.74, 6) is 0.682. The zero-order valence-electron chi connectivity index (χ0n) is 16.8. The number of rotatable bonds is 6. The van der Waals surface area contributed by atoms with Gasteiger partial charge in [-0.25, -0.2) is 0 Å². The van der Waals surface area contributed by atoms with Crippen molar-refractivity contribution in [1.82, 2.24) is 16.0 Å². The van der Waals surface area contributed by atoms with Gasteiger partial charge in [-0.15, -0.1) is 0 Å². The van der Waals surface area contributed by atoms with Crippen molar-refractivity contribution in [2.45, 2.75) is 18.9 Å². The van der Waals surface area contributed by atoms with Crippen LogP contribution in [0.2, 0.25) is 0 Å². The van der Waals surface area contributed by atoms with Gasteiger partial charge in [0.2, 0.25) is 5.91 Å². The number of nitrogens with zero attached hydrogens (tertiary/aromatic N) is 2. The molecule has 1 saturated heterocycles. The lowest BCUT2D eigenvalue weighted by atomic mass is 10.1. The van der Waals surface area contributed by atoms with E-state index in [1.54, 1.807) is 25.1 Å². The maximum absolute atomic E-state index is 12.4. The van der Waals surface area contributed by atoms with Crippen molar-refractivity contribution in [1.29, 1.82) is 0 Å². The minimum atomic E-state index is -0.0915. The Morgan fingerprint density at radius 1 is 1.17 bits per heavy atom. The van der Waals surface area contributed by atoms with Gasteiger partial charge >= 0.3 is 0 Å². The van der Waals surface area contributed by atoms with Crippen molar-refractivity contribution in [3.8, 4) is 0 Å². The standard InChI is InChI=1S/C22H27N5O2/c1-23-21(29)17-8-6-7-16(13-17)11-12-25-22(24-2)26-18-14-20(28)27(15-18)19-9-4-3-5-10-19/h3-10,13,18H,11-12,14-15H2,1-2H3,(H,23,29)(H2,24,25,26). The molecule has 1 fully saturated rings. The fraction of sp³-hybridized carbons (Fsp3) is 0.318. The number of para-hydroxylation sites is 1. The molecule has 2 amide bonds. The Balaban J connectivity index is 1.50. The van der Waals surface area contributed by atoms with Gasteiger partial charge in [0.05, 0.1) is 6.04 Å². The minimum absolute atomic E-state index is 0.00508. The highest BCUT2D eigenvalue weighted by Crippen LogP contribution is 2.20. The number of amides is 2. The molecule has 2 aromatic carbocycles. The van der Waals surface area contributed by atoms with Gasteiger partial charge < -0.3 is 20.9 Å². The van der Waals surface area contributed by atoms with Crippen LogP contribution < -0.4 is 20.9 Å². The molecule has 7 heteroatoms. The summed E-state index contributed by atoms with van der Waals surface area (Å²) in [5.41, 5.74) is 2.64. The van der Waals surface area contributed by atoms with Gasteiger partial charge in [-0.2, -0.15) is 0 Å². The van der Waals surface area contributed by atoms with Crippen LogP contribution in [0.3, 0.4) is 0 Å². The second-order valence-electron chi connectivity index (χ2n) is 6.91. The van der Waals surface area contributed by atoms with Crippen LogP contribution in [-0.4, -0.2) is 51.0 Å². The Kier molecular flexibility index (Phi) is 6.84. The normalized spacial score (nSPS) is 16.6. The smallest absolute Gasteiger partial charge is 0.251 e. The van der Waals surface area contributed by atoms with Crippen molar-refractivity contribution in [2.24, 2.45) is 4.99 Å². The van der Waals surface area contributed by atoms with Gasteiger partial charge in [-0.05, 0) is 36.2 Å². The first-order valence-corrected chi connectivity index (χ1v) is 9.74. The molecule has 3 rings (SSSR count). The monoisotopic (exact) mass is 393 g/mol. The van der Waals surface area contributed by atoms with Crippen molar-refractivity contribution in [3.05, 3.63) is 65.7 Å². The molecular weight excluding hydrogens is 366 g/mol. The first kappa shape index (κ1) is 20.4. The molecule has 0 bridgehead atoms. The molecule has 3 N–H and O–H groups in total. The average molecular weight is 393 g/mol. The summed E-state index contributed by atoms with van der Waals surface area (Å²) >= 11 is 0. The quantitative estimate of drug-likeness (QED) is 0.514. The van der Waals surface area contributed by atoms with Gasteiger partial charge in [0.15, 0.2) is 5.96 Å². The second-order valence-corrected chi connectivity index (χ2v) is 6.91. The molecule has 0 saturated carbocycles. The summed E-state index contributed by atoms with van der Waals surface area (Å²) in [6.45, 7) is 1.28. The lowest BCUT2D eigenvalue weighted by Gasteiger charge is -2.19. The fourth-order valence-electron chi connectivity index (χ4n) is 3.39. The van der Waals surface area contributed by atoms with E-state index in [0.717, 1.165) is 17.7 Å². The number of guanidine groups is 1. The number of carbonyl (C=O) groups excluding carboxylic acids is 2. The Morgan fingerprint density at radius 3 is 2.69 bits per heavy atom. The SMILES string of the molecule is CN=C(NCCc1cccc(C(=O)NC)c1)NC1CC(=O)N(c2ccccc2)C1.